The van der Waals surface area contributed by atoms with Gasteiger partial charge in [0.2, 0.25) is 0 Å². The molecule has 0 N–H and O–H groups in total. The third-order valence-electron chi connectivity index (χ3n) is 4.29. The van der Waals surface area contributed by atoms with Crippen LogP contribution in [0.5, 0.6) is 0 Å². The number of carbonyl (C=O) groups is 1. The van der Waals surface area contributed by atoms with Crippen molar-refractivity contribution in [3.8, 4) is 0 Å². The second-order valence-electron chi connectivity index (χ2n) is 6.52. The second-order valence-corrected chi connectivity index (χ2v) is 7.48. The zero-order valence-electron chi connectivity index (χ0n) is 15.9. The molecule has 0 fully saturated rings. The molecule has 0 atom stereocenters. The average Bonchev–Trinajstić information content (AvgIpc) is 3.16. The molecular weight excluding hydrogens is 386 g/mol. The summed E-state index contributed by atoms with van der Waals surface area (Å²) in [6.45, 7) is 2.87. The number of benzene rings is 2. The Morgan fingerprint density at radius 3 is 2.62 bits per heavy atom. The molecule has 29 heavy (non-hydrogen) atoms. The number of rotatable bonds is 7. The maximum Gasteiger partial charge on any atom is 0.316 e. The highest BCUT2D eigenvalue weighted by Gasteiger charge is 2.14. The Morgan fingerprint density at radius 2 is 1.83 bits per heavy atom. The highest BCUT2D eigenvalue weighted by Crippen LogP contribution is 2.23. The minimum absolute atomic E-state index is 0.143. The normalized spacial score (nSPS) is 10.9. The van der Waals surface area contributed by atoms with E-state index in [9.17, 15) is 4.79 Å². The van der Waals surface area contributed by atoms with Crippen LogP contribution in [0.4, 0.5) is 0 Å². The lowest BCUT2D eigenvalue weighted by Crippen LogP contribution is -2.07. The van der Waals surface area contributed by atoms with Crippen LogP contribution >= 0.6 is 11.8 Å². The van der Waals surface area contributed by atoms with Crippen LogP contribution in [0.2, 0.25) is 0 Å². The third kappa shape index (κ3) is 4.78. The summed E-state index contributed by atoms with van der Waals surface area (Å²) in [6, 6.07) is 17.8. The second kappa shape index (κ2) is 8.83. The first-order valence-electron chi connectivity index (χ1n) is 9.11. The molecule has 0 aliphatic carbocycles. The van der Waals surface area contributed by atoms with Crippen molar-refractivity contribution in [3.05, 3.63) is 77.6 Å². The summed E-state index contributed by atoms with van der Waals surface area (Å²) in [5, 5.41) is 9.04. The molecule has 2 heterocycles. The quantitative estimate of drug-likeness (QED) is 0.265. The summed E-state index contributed by atoms with van der Waals surface area (Å²) in [5.74, 6) is -0.165. The molecule has 7 nitrogen and oxygen atoms in total. The first kappa shape index (κ1) is 19.1. The molecule has 0 amide bonds. The molecule has 8 heteroatoms. The number of esters is 1. The van der Waals surface area contributed by atoms with Crippen molar-refractivity contribution in [2.24, 2.45) is 0 Å². The fourth-order valence-corrected chi connectivity index (χ4v) is 3.49. The van der Waals surface area contributed by atoms with Gasteiger partial charge in [0, 0.05) is 0 Å². The van der Waals surface area contributed by atoms with Crippen LogP contribution < -0.4 is 0 Å². The van der Waals surface area contributed by atoms with Crippen molar-refractivity contribution < 1.29 is 9.53 Å². The zero-order chi connectivity index (χ0) is 20.1. The SMILES string of the molecule is Cc1ccc(Cn2nnc3c(SCC(=O)OCc4ccccc4)ncnc32)cc1. The van der Waals surface area contributed by atoms with Crippen LogP contribution in [0.25, 0.3) is 11.2 Å². The minimum atomic E-state index is -0.308. The maximum atomic E-state index is 12.1. The lowest BCUT2D eigenvalue weighted by Gasteiger charge is -2.05. The maximum absolute atomic E-state index is 12.1. The van der Waals surface area contributed by atoms with E-state index in [-0.39, 0.29) is 18.3 Å². The van der Waals surface area contributed by atoms with E-state index < -0.39 is 0 Å². The van der Waals surface area contributed by atoms with Gasteiger partial charge < -0.3 is 4.74 Å². The summed E-state index contributed by atoms with van der Waals surface area (Å²) in [4.78, 5) is 20.6. The predicted octanol–water partition coefficient (Wildman–Crippen LogP) is 3.41. The van der Waals surface area contributed by atoms with Gasteiger partial charge in [-0.2, -0.15) is 0 Å². The summed E-state index contributed by atoms with van der Waals surface area (Å²) >= 11 is 1.27. The molecule has 0 saturated heterocycles. The van der Waals surface area contributed by atoms with E-state index in [1.807, 2.05) is 30.3 Å². The lowest BCUT2D eigenvalue weighted by molar-refractivity contribution is -0.141. The number of hydrogen-bond donors (Lipinski definition) is 0. The van der Waals surface area contributed by atoms with Crippen LogP contribution in [-0.2, 0) is 22.7 Å². The Hall–Kier alpha value is -3.26. The molecule has 0 unspecified atom stereocenters. The van der Waals surface area contributed by atoms with E-state index in [1.165, 1.54) is 23.7 Å². The summed E-state index contributed by atoms with van der Waals surface area (Å²) in [7, 11) is 0. The molecule has 0 saturated carbocycles. The fourth-order valence-electron chi connectivity index (χ4n) is 2.76. The average molecular weight is 405 g/mol. The van der Waals surface area contributed by atoms with Crippen LogP contribution in [-0.4, -0.2) is 36.7 Å². The monoisotopic (exact) mass is 405 g/mol. The molecule has 4 aromatic rings. The van der Waals surface area contributed by atoms with Gasteiger partial charge in [-0.15, -0.1) is 5.10 Å². The molecule has 0 aliphatic heterocycles. The van der Waals surface area contributed by atoms with Crippen molar-refractivity contribution in [1.82, 2.24) is 25.0 Å². The van der Waals surface area contributed by atoms with Gasteiger partial charge >= 0.3 is 5.97 Å². The number of fused-ring (bicyclic) bond motifs is 1. The van der Waals surface area contributed by atoms with Gasteiger partial charge in [-0.1, -0.05) is 77.1 Å². The molecule has 0 aliphatic rings. The Kier molecular flexibility index (Phi) is 5.81. The van der Waals surface area contributed by atoms with Gasteiger partial charge in [0.1, 0.15) is 18.0 Å². The third-order valence-corrected chi connectivity index (χ3v) is 5.24. The number of carbonyl (C=O) groups excluding carboxylic acids is 1. The standard InChI is InChI=1S/C21H19N5O2S/c1-15-7-9-16(10-8-15)11-26-20-19(24-25-26)21(23-14-22-20)29-13-18(27)28-12-17-5-3-2-4-6-17/h2-10,14H,11-13H2,1H3. The van der Waals surface area contributed by atoms with Crippen molar-refractivity contribution >= 4 is 28.9 Å². The molecule has 4 rings (SSSR count). The van der Waals surface area contributed by atoms with Gasteiger partial charge in [-0.25, -0.2) is 14.6 Å². The van der Waals surface area contributed by atoms with Crippen molar-refractivity contribution in [3.63, 3.8) is 0 Å². The van der Waals surface area contributed by atoms with Gasteiger partial charge in [0.25, 0.3) is 0 Å². The van der Waals surface area contributed by atoms with Crippen molar-refractivity contribution in [2.75, 3.05) is 5.75 Å². The Balaban J connectivity index is 1.41. The highest BCUT2D eigenvalue weighted by molar-refractivity contribution is 8.00. The Morgan fingerprint density at radius 1 is 1.03 bits per heavy atom. The van der Waals surface area contributed by atoms with E-state index in [2.05, 4.69) is 51.5 Å². The number of aryl methyl sites for hydroxylation is 1. The highest BCUT2D eigenvalue weighted by atomic mass is 32.2. The number of nitrogens with zero attached hydrogens (tertiary/aromatic N) is 5. The molecule has 0 bridgehead atoms. The number of ether oxygens (including phenoxy) is 1. The van der Waals surface area contributed by atoms with Crippen LogP contribution in [0.3, 0.4) is 0 Å². The van der Waals surface area contributed by atoms with Gasteiger partial charge in [-0.05, 0) is 18.1 Å². The molecule has 146 valence electrons. The molecule has 0 radical (unpaired) electrons. The topological polar surface area (TPSA) is 82.8 Å². The molecular formula is C21H19N5O2S. The first-order chi connectivity index (χ1) is 14.2. The molecule has 2 aromatic heterocycles. The largest absolute Gasteiger partial charge is 0.460 e. The Bertz CT molecular complexity index is 1110. The van der Waals surface area contributed by atoms with E-state index in [0.717, 1.165) is 11.1 Å². The van der Waals surface area contributed by atoms with E-state index in [0.29, 0.717) is 22.7 Å². The van der Waals surface area contributed by atoms with Crippen molar-refractivity contribution in [1.29, 1.82) is 0 Å². The van der Waals surface area contributed by atoms with E-state index in [1.54, 1.807) is 4.68 Å². The number of hydrogen-bond acceptors (Lipinski definition) is 7. The van der Waals surface area contributed by atoms with E-state index >= 15 is 0 Å². The van der Waals surface area contributed by atoms with Gasteiger partial charge in [0.15, 0.2) is 11.2 Å². The first-order valence-corrected chi connectivity index (χ1v) is 10.1. The summed E-state index contributed by atoms with van der Waals surface area (Å²) in [6.07, 6.45) is 1.47. The zero-order valence-corrected chi connectivity index (χ0v) is 16.7. The molecule has 0 spiro atoms. The van der Waals surface area contributed by atoms with Gasteiger partial charge in [0.05, 0.1) is 12.3 Å². The van der Waals surface area contributed by atoms with Crippen LogP contribution in [0, 0.1) is 6.92 Å². The minimum Gasteiger partial charge on any atom is -0.460 e. The molecule has 2 aromatic carbocycles. The fraction of sp³-hybridized carbons (Fsp3) is 0.190. The predicted molar refractivity (Wildman–Crippen MR) is 110 cm³/mol. The van der Waals surface area contributed by atoms with E-state index in [4.69, 9.17) is 4.74 Å². The van der Waals surface area contributed by atoms with Crippen LogP contribution in [0.15, 0.2) is 66.0 Å². The van der Waals surface area contributed by atoms with Crippen LogP contribution in [0.1, 0.15) is 16.7 Å². The smallest absolute Gasteiger partial charge is 0.316 e. The Labute approximate surface area is 172 Å². The van der Waals surface area contributed by atoms with Gasteiger partial charge in [-0.3, -0.25) is 4.79 Å². The summed E-state index contributed by atoms with van der Waals surface area (Å²) in [5.41, 5.74) is 4.49. The number of thioether (sulfide) groups is 1. The lowest BCUT2D eigenvalue weighted by atomic mass is 10.1. The summed E-state index contributed by atoms with van der Waals surface area (Å²) < 4.78 is 7.05. The van der Waals surface area contributed by atoms with Crippen molar-refractivity contribution in [2.45, 2.75) is 25.1 Å². The number of aromatic nitrogens is 5.